The number of alkyl halides is 2. The van der Waals surface area contributed by atoms with Gasteiger partial charge in [0.2, 0.25) is 5.92 Å². The number of hydrogen-bond donors (Lipinski definition) is 0. The minimum absolute atomic E-state index is 0.0806. The predicted octanol–water partition coefficient (Wildman–Crippen LogP) is 2.69. The molecule has 0 spiro atoms. The van der Waals surface area contributed by atoms with Crippen molar-refractivity contribution in [3.63, 3.8) is 0 Å². The van der Waals surface area contributed by atoms with Crippen molar-refractivity contribution < 1.29 is 18.3 Å². The van der Waals surface area contributed by atoms with Gasteiger partial charge in [0.05, 0.1) is 6.61 Å². The standard InChI is InChI=1S/C11H14F2O2/c12-11(13)5-3-8(4-6-11)10(14)9-2-1-7-15-9/h2,8H,1,3-7H2. The zero-order chi connectivity index (χ0) is 10.9. The van der Waals surface area contributed by atoms with Crippen LogP contribution in [0.2, 0.25) is 0 Å². The summed E-state index contributed by atoms with van der Waals surface area (Å²) in [6.45, 7) is 0.546. The van der Waals surface area contributed by atoms with Crippen LogP contribution in [0.4, 0.5) is 8.78 Å². The van der Waals surface area contributed by atoms with Gasteiger partial charge >= 0.3 is 0 Å². The Morgan fingerprint density at radius 3 is 2.60 bits per heavy atom. The molecule has 0 amide bonds. The van der Waals surface area contributed by atoms with E-state index in [4.69, 9.17) is 4.74 Å². The maximum Gasteiger partial charge on any atom is 0.248 e. The lowest BCUT2D eigenvalue weighted by Crippen LogP contribution is -2.29. The molecule has 15 heavy (non-hydrogen) atoms. The topological polar surface area (TPSA) is 26.3 Å². The van der Waals surface area contributed by atoms with Gasteiger partial charge in [-0.3, -0.25) is 4.79 Å². The molecule has 2 nitrogen and oxygen atoms in total. The van der Waals surface area contributed by atoms with Crippen molar-refractivity contribution in [2.24, 2.45) is 5.92 Å². The third-order valence-electron chi connectivity index (χ3n) is 3.04. The first-order valence-corrected chi connectivity index (χ1v) is 5.33. The molecule has 1 heterocycles. The van der Waals surface area contributed by atoms with Crippen LogP contribution in [-0.2, 0) is 9.53 Å². The number of carbonyl (C=O) groups excluding carboxylic acids is 1. The van der Waals surface area contributed by atoms with Crippen molar-refractivity contribution in [2.45, 2.75) is 38.0 Å². The highest BCUT2D eigenvalue weighted by Gasteiger charge is 2.38. The highest BCUT2D eigenvalue weighted by molar-refractivity contribution is 5.95. The normalized spacial score (nSPS) is 25.9. The molecule has 2 rings (SSSR count). The smallest absolute Gasteiger partial charge is 0.248 e. The van der Waals surface area contributed by atoms with Crippen LogP contribution in [0.3, 0.4) is 0 Å². The van der Waals surface area contributed by atoms with E-state index < -0.39 is 5.92 Å². The first kappa shape index (κ1) is 10.6. The molecule has 0 atom stereocenters. The average Bonchev–Trinajstić information content (AvgIpc) is 2.69. The molecule has 0 aromatic carbocycles. The van der Waals surface area contributed by atoms with Gasteiger partial charge in [-0.05, 0) is 18.9 Å². The van der Waals surface area contributed by atoms with Crippen molar-refractivity contribution in [2.75, 3.05) is 6.61 Å². The number of hydrogen-bond acceptors (Lipinski definition) is 2. The molecule has 0 aromatic rings. The van der Waals surface area contributed by atoms with Gasteiger partial charge in [-0.1, -0.05) is 0 Å². The molecule has 1 aliphatic carbocycles. The Morgan fingerprint density at radius 2 is 2.07 bits per heavy atom. The molecule has 1 aliphatic heterocycles. The molecule has 2 aliphatic rings. The number of rotatable bonds is 2. The van der Waals surface area contributed by atoms with E-state index in [1.807, 2.05) is 0 Å². The maximum atomic E-state index is 12.9. The molecule has 0 saturated heterocycles. The second-order valence-corrected chi connectivity index (χ2v) is 4.20. The van der Waals surface area contributed by atoms with E-state index in [1.54, 1.807) is 6.08 Å². The third kappa shape index (κ3) is 2.36. The number of ether oxygens (including phenoxy) is 1. The lowest BCUT2D eigenvalue weighted by Gasteiger charge is -2.27. The highest BCUT2D eigenvalue weighted by Crippen LogP contribution is 2.37. The highest BCUT2D eigenvalue weighted by atomic mass is 19.3. The Labute approximate surface area is 87.3 Å². The molecule has 1 fully saturated rings. The fourth-order valence-electron chi connectivity index (χ4n) is 2.09. The summed E-state index contributed by atoms with van der Waals surface area (Å²) in [5.74, 6) is -2.51. The van der Waals surface area contributed by atoms with Gasteiger partial charge in [0.25, 0.3) is 0 Å². The van der Waals surface area contributed by atoms with Crippen LogP contribution >= 0.6 is 0 Å². The number of halogens is 2. The summed E-state index contributed by atoms with van der Waals surface area (Å²) in [4.78, 5) is 11.8. The van der Waals surface area contributed by atoms with Crippen molar-refractivity contribution in [1.29, 1.82) is 0 Å². The Hall–Kier alpha value is -0.930. The van der Waals surface area contributed by atoms with E-state index in [0.717, 1.165) is 6.42 Å². The zero-order valence-electron chi connectivity index (χ0n) is 8.47. The van der Waals surface area contributed by atoms with E-state index in [-0.39, 0.29) is 37.4 Å². The fourth-order valence-corrected chi connectivity index (χ4v) is 2.09. The Kier molecular flexibility index (Phi) is 2.76. The number of Topliss-reactive ketones (excluding diaryl/α,β-unsaturated/α-hetero) is 1. The third-order valence-corrected chi connectivity index (χ3v) is 3.04. The largest absolute Gasteiger partial charge is 0.490 e. The minimum atomic E-state index is -2.57. The van der Waals surface area contributed by atoms with E-state index in [2.05, 4.69) is 0 Å². The zero-order valence-corrected chi connectivity index (χ0v) is 8.47. The van der Waals surface area contributed by atoms with Gasteiger partial charge < -0.3 is 4.74 Å². The SMILES string of the molecule is O=C(C1=CCCO1)C1CCC(F)(F)CC1. The molecule has 0 aromatic heterocycles. The average molecular weight is 216 g/mol. The van der Waals surface area contributed by atoms with E-state index >= 15 is 0 Å². The van der Waals surface area contributed by atoms with Crippen LogP contribution in [0, 0.1) is 5.92 Å². The number of carbonyl (C=O) groups is 1. The second-order valence-electron chi connectivity index (χ2n) is 4.20. The van der Waals surface area contributed by atoms with E-state index in [1.165, 1.54) is 0 Å². The molecule has 1 saturated carbocycles. The molecule has 0 bridgehead atoms. The summed E-state index contributed by atoms with van der Waals surface area (Å²) in [6, 6.07) is 0. The molecule has 0 N–H and O–H groups in total. The second kappa shape index (κ2) is 3.91. The number of allylic oxidation sites excluding steroid dienone is 1. The molecule has 4 heteroatoms. The first-order valence-electron chi connectivity index (χ1n) is 5.33. The Bertz CT molecular complexity index is 287. The predicted molar refractivity (Wildman–Crippen MR) is 50.6 cm³/mol. The van der Waals surface area contributed by atoms with Gasteiger partial charge in [0.1, 0.15) is 0 Å². The van der Waals surface area contributed by atoms with Crippen LogP contribution in [0.15, 0.2) is 11.8 Å². The van der Waals surface area contributed by atoms with Crippen LogP contribution in [-0.4, -0.2) is 18.3 Å². The fraction of sp³-hybridized carbons (Fsp3) is 0.727. The summed E-state index contributed by atoms with van der Waals surface area (Å²) in [6.07, 6.45) is 2.74. The summed E-state index contributed by atoms with van der Waals surface area (Å²) >= 11 is 0. The lowest BCUT2D eigenvalue weighted by atomic mass is 9.83. The van der Waals surface area contributed by atoms with Gasteiger partial charge in [0, 0.05) is 25.2 Å². The van der Waals surface area contributed by atoms with Crippen LogP contribution < -0.4 is 0 Å². The Morgan fingerprint density at radius 1 is 1.40 bits per heavy atom. The molecular weight excluding hydrogens is 202 g/mol. The van der Waals surface area contributed by atoms with Gasteiger partial charge in [-0.15, -0.1) is 0 Å². The van der Waals surface area contributed by atoms with Gasteiger partial charge in [0.15, 0.2) is 11.5 Å². The first-order chi connectivity index (χ1) is 7.08. The molecule has 0 unspecified atom stereocenters. The van der Waals surface area contributed by atoms with E-state index in [9.17, 15) is 13.6 Å². The van der Waals surface area contributed by atoms with Crippen molar-refractivity contribution >= 4 is 5.78 Å². The lowest BCUT2D eigenvalue weighted by molar-refractivity contribution is -0.126. The maximum absolute atomic E-state index is 12.9. The summed E-state index contributed by atoms with van der Waals surface area (Å²) in [5, 5.41) is 0. The van der Waals surface area contributed by atoms with Crippen molar-refractivity contribution in [3.8, 4) is 0 Å². The van der Waals surface area contributed by atoms with Crippen LogP contribution in [0.25, 0.3) is 0 Å². The Balaban J connectivity index is 1.93. The summed E-state index contributed by atoms with van der Waals surface area (Å²) in [5.41, 5.74) is 0. The summed E-state index contributed by atoms with van der Waals surface area (Å²) in [7, 11) is 0. The quantitative estimate of drug-likeness (QED) is 0.709. The van der Waals surface area contributed by atoms with Gasteiger partial charge in [-0.2, -0.15) is 0 Å². The summed E-state index contributed by atoms with van der Waals surface area (Å²) < 4.78 is 30.9. The molecule has 84 valence electrons. The van der Waals surface area contributed by atoms with Crippen molar-refractivity contribution in [1.82, 2.24) is 0 Å². The van der Waals surface area contributed by atoms with Crippen LogP contribution in [0.1, 0.15) is 32.1 Å². The van der Waals surface area contributed by atoms with Crippen LogP contribution in [0.5, 0.6) is 0 Å². The molecule has 0 radical (unpaired) electrons. The van der Waals surface area contributed by atoms with Gasteiger partial charge in [-0.25, -0.2) is 8.78 Å². The minimum Gasteiger partial charge on any atom is -0.490 e. The van der Waals surface area contributed by atoms with E-state index in [0.29, 0.717) is 12.4 Å². The molecular formula is C11H14F2O2. The number of ketones is 1. The van der Waals surface area contributed by atoms with Crippen molar-refractivity contribution in [3.05, 3.63) is 11.8 Å². The monoisotopic (exact) mass is 216 g/mol.